The van der Waals surface area contributed by atoms with Gasteiger partial charge in [0.15, 0.2) is 0 Å². The number of halogens is 1. The first kappa shape index (κ1) is 15.1. The van der Waals surface area contributed by atoms with Crippen LogP contribution in [0.4, 0.5) is 4.39 Å². The van der Waals surface area contributed by atoms with Crippen molar-refractivity contribution in [2.45, 2.75) is 26.2 Å². The third kappa shape index (κ3) is 6.12. The van der Waals surface area contributed by atoms with Gasteiger partial charge in [0.25, 0.3) is 0 Å². The molecular weight excluding hydrogens is 229 g/mol. The largest absolute Gasteiger partial charge is 0.385 e. The lowest BCUT2D eigenvalue weighted by atomic mass is 9.96. The molecule has 0 heterocycles. The summed E-state index contributed by atoms with van der Waals surface area (Å²) in [5.74, 6) is 0.345. The molecule has 1 unspecified atom stereocenters. The highest BCUT2D eigenvalue weighted by molar-refractivity contribution is 5.16. The number of methoxy groups -OCH3 is 1. The average molecular weight is 253 g/mol. The predicted octanol–water partition coefficient (Wildman–Crippen LogP) is 3.02. The summed E-state index contributed by atoms with van der Waals surface area (Å²) >= 11 is 0. The van der Waals surface area contributed by atoms with Crippen molar-refractivity contribution in [2.75, 3.05) is 26.8 Å². The van der Waals surface area contributed by atoms with Crippen molar-refractivity contribution in [3.05, 3.63) is 35.6 Å². The second-order valence-corrected chi connectivity index (χ2v) is 4.69. The Labute approximate surface area is 110 Å². The summed E-state index contributed by atoms with van der Waals surface area (Å²) < 4.78 is 18.3. The molecule has 1 atom stereocenters. The fourth-order valence-electron chi connectivity index (χ4n) is 2.04. The number of ether oxygens (including phenoxy) is 1. The van der Waals surface area contributed by atoms with E-state index >= 15 is 0 Å². The summed E-state index contributed by atoms with van der Waals surface area (Å²) in [6.07, 6.45) is 3.04. The molecule has 0 spiro atoms. The molecule has 0 aromatic heterocycles. The predicted molar refractivity (Wildman–Crippen MR) is 73.2 cm³/mol. The molecule has 0 aliphatic rings. The fraction of sp³-hybridized carbons (Fsp3) is 0.600. The summed E-state index contributed by atoms with van der Waals surface area (Å²) in [4.78, 5) is 0. The normalized spacial score (nSPS) is 12.6. The van der Waals surface area contributed by atoms with Crippen LogP contribution in [-0.2, 0) is 11.2 Å². The minimum atomic E-state index is -0.153. The maximum absolute atomic E-state index is 13.1. The van der Waals surface area contributed by atoms with Gasteiger partial charge in [-0.15, -0.1) is 0 Å². The van der Waals surface area contributed by atoms with Gasteiger partial charge in [-0.05, 0) is 56.0 Å². The smallest absolute Gasteiger partial charge is 0.123 e. The van der Waals surface area contributed by atoms with E-state index in [1.165, 1.54) is 6.07 Å². The van der Waals surface area contributed by atoms with Crippen LogP contribution in [0, 0.1) is 11.7 Å². The first-order chi connectivity index (χ1) is 8.76. The average Bonchev–Trinajstić information content (AvgIpc) is 2.36. The van der Waals surface area contributed by atoms with Crippen LogP contribution in [0.2, 0.25) is 0 Å². The maximum Gasteiger partial charge on any atom is 0.123 e. The summed E-state index contributed by atoms with van der Waals surface area (Å²) in [5.41, 5.74) is 1.06. The maximum atomic E-state index is 13.1. The van der Waals surface area contributed by atoms with Crippen molar-refractivity contribution in [2.24, 2.45) is 5.92 Å². The summed E-state index contributed by atoms with van der Waals surface area (Å²) in [7, 11) is 1.72. The zero-order valence-corrected chi connectivity index (χ0v) is 11.4. The number of nitrogens with one attached hydrogen (secondary N) is 1. The van der Waals surface area contributed by atoms with Crippen molar-refractivity contribution < 1.29 is 9.13 Å². The van der Waals surface area contributed by atoms with Crippen LogP contribution >= 0.6 is 0 Å². The Morgan fingerprint density at radius 1 is 1.39 bits per heavy atom. The lowest BCUT2D eigenvalue weighted by Gasteiger charge is -2.17. The van der Waals surface area contributed by atoms with E-state index in [0.717, 1.165) is 44.5 Å². The van der Waals surface area contributed by atoms with Crippen molar-refractivity contribution in [1.82, 2.24) is 5.32 Å². The van der Waals surface area contributed by atoms with Gasteiger partial charge in [0.2, 0.25) is 0 Å². The van der Waals surface area contributed by atoms with E-state index in [-0.39, 0.29) is 5.82 Å². The van der Waals surface area contributed by atoms with E-state index in [0.29, 0.717) is 5.92 Å². The van der Waals surface area contributed by atoms with Gasteiger partial charge in [-0.2, -0.15) is 0 Å². The molecule has 0 amide bonds. The Hall–Kier alpha value is -0.930. The monoisotopic (exact) mass is 253 g/mol. The highest BCUT2D eigenvalue weighted by atomic mass is 19.1. The molecular formula is C15H24FNO. The van der Waals surface area contributed by atoms with E-state index < -0.39 is 0 Å². The topological polar surface area (TPSA) is 21.3 Å². The molecule has 1 rings (SSSR count). The second kappa shape index (κ2) is 9.06. The van der Waals surface area contributed by atoms with E-state index in [1.54, 1.807) is 19.2 Å². The first-order valence-electron chi connectivity index (χ1n) is 6.70. The molecule has 1 aromatic rings. The molecule has 0 aliphatic carbocycles. The van der Waals surface area contributed by atoms with Gasteiger partial charge < -0.3 is 10.1 Å². The minimum absolute atomic E-state index is 0.153. The zero-order valence-electron chi connectivity index (χ0n) is 11.4. The Morgan fingerprint density at radius 3 is 2.89 bits per heavy atom. The first-order valence-corrected chi connectivity index (χ1v) is 6.70. The van der Waals surface area contributed by atoms with Gasteiger partial charge in [-0.25, -0.2) is 4.39 Å². The van der Waals surface area contributed by atoms with Crippen molar-refractivity contribution in [1.29, 1.82) is 0 Å². The molecule has 18 heavy (non-hydrogen) atoms. The SMILES string of the molecule is CCCNCC(CCOC)Cc1cccc(F)c1. The van der Waals surface area contributed by atoms with Crippen LogP contribution in [0.15, 0.2) is 24.3 Å². The van der Waals surface area contributed by atoms with Crippen molar-refractivity contribution in [3.8, 4) is 0 Å². The highest BCUT2D eigenvalue weighted by Crippen LogP contribution is 2.13. The molecule has 1 aromatic carbocycles. The van der Waals surface area contributed by atoms with E-state index in [2.05, 4.69) is 12.2 Å². The Kier molecular flexibility index (Phi) is 7.62. The second-order valence-electron chi connectivity index (χ2n) is 4.69. The fourth-order valence-corrected chi connectivity index (χ4v) is 2.04. The van der Waals surface area contributed by atoms with Crippen LogP contribution in [-0.4, -0.2) is 26.8 Å². The molecule has 0 aliphatic heterocycles. The molecule has 3 heteroatoms. The van der Waals surface area contributed by atoms with Crippen molar-refractivity contribution >= 4 is 0 Å². The molecule has 0 saturated heterocycles. The highest BCUT2D eigenvalue weighted by Gasteiger charge is 2.09. The van der Waals surface area contributed by atoms with Gasteiger partial charge in [0.05, 0.1) is 0 Å². The van der Waals surface area contributed by atoms with Gasteiger partial charge in [-0.3, -0.25) is 0 Å². The third-order valence-corrected chi connectivity index (χ3v) is 3.00. The molecule has 1 N–H and O–H groups in total. The molecule has 0 bridgehead atoms. The third-order valence-electron chi connectivity index (χ3n) is 3.00. The van der Waals surface area contributed by atoms with Crippen LogP contribution in [0.1, 0.15) is 25.3 Å². The molecule has 102 valence electrons. The molecule has 0 radical (unpaired) electrons. The van der Waals surface area contributed by atoms with Crippen LogP contribution < -0.4 is 5.32 Å². The quantitative estimate of drug-likeness (QED) is 0.683. The standard InChI is InChI=1S/C15H24FNO/c1-3-8-17-12-14(7-9-18-2)10-13-5-4-6-15(16)11-13/h4-6,11,14,17H,3,7-10,12H2,1-2H3. The van der Waals surface area contributed by atoms with E-state index in [1.807, 2.05) is 6.07 Å². The van der Waals surface area contributed by atoms with Gasteiger partial charge in [0.1, 0.15) is 5.82 Å². The number of hydrogen-bond donors (Lipinski definition) is 1. The van der Waals surface area contributed by atoms with Crippen LogP contribution in [0.3, 0.4) is 0 Å². The number of hydrogen-bond acceptors (Lipinski definition) is 2. The molecule has 2 nitrogen and oxygen atoms in total. The van der Waals surface area contributed by atoms with Crippen LogP contribution in [0.5, 0.6) is 0 Å². The Balaban J connectivity index is 2.48. The summed E-state index contributed by atoms with van der Waals surface area (Å²) in [6, 6.07) is 6.88. The number of rotatable bonds is 9. The van der Waals surface area contributed by atoms with E-state index in [4.69, 9.17) is 4.74 Å². The Morgan fingerprint density at radius 2 is 2.22 bits per heavy atom. The zero-order chi connectivity index (χ0) is 13.2. The van der Waals surface area contributed by atoms with Gasteiger partial charge in [0, 0.05) is 13.7 Å². The van der Waals surface area contributed by atoms with Crippen LogP contribution in [0.25, 0.3) is 0 Å². The Bertz CT molecular complexity index is 330. The molecule has 0 saturated carbocycles. The minimum Gasteiger partial charge on any atom is -0.385 e. The summed E-state index contributed by atoms with van der Waals surface area (Å²) in [5, 5.41) is 3.43. The lowest BCUT2D eigenvalue weighted by molar-refractivity contribution is 0.176. The lowest BCUT2D eigenvalue weighted by Crippen LogP contribution is -2.26. The number of benzene rings is 1. The van der Waals surface area contributed by atoms with E-state index in [9.17, 15) is 4.39 Å². The van der Waals surface area contributed by atoms with Gasteiger partial charge >= 0.3 is 0 Å². The van der Waals surface area contributed by atoms with Gasteiger partial charge in [-0.1, -0.05) is 19.1 Å². The molecule has 0 fully saturated rings. The summed E-state index contributed by atoms with van der Waals surface area (Å²) in [6.45, 7) is 4.91. The van der Waals surface area contributed by atoms with Crippen molar-refractivity contribution in [3.63, 3.8) is 0 Å².